The third kappa shape index (κ3) is 2.31. The van der Waals surface area contributed by atoms with Crippen molar-refractivity contribution in [3.8, 4) is 0 Å². The lowest BCUT2D eigenvalue weighted by Gasteiger charge is -2.30. The van der Waals surface area contributed by atoms with Gasteiger partial charge in [-0.25, -0.2) is 0 Å². The van der Waals surface area contributed by atoms with Crippen LogP contribution in [-0.2, 0) is 4.74 Å². The van der Waals surface area contributed by atoms with E-state index in [0.29, 0.717) is 10.5 Å². The highest BCUT2D eigenvalue weighted by Crippen LogP contribution is 2.37. The molecule has 1 fully saturated rings. The van der Waals surface area contributed by atoms with Gasteiger partial charge >= 0.3 is 0 Å². The van der Waals surface area contributed by atoms with E-state index in [1.165, 1.54) is 5.56 Å². The van der Waals surface area contributed by atoms with E-state index in [1.807, 2.05) is 11.8 Å². The Bertz CT molecular complexity index is 270. The second kappa shape index (κ2) is 4.66. The predicted molar refractivity (Wildman–Crippen MR) is 62.9 cm³/mol. The lowest BCUT2D eigenvalue weighted by atomic mass is 10.1. The molecule has 2 nitrogen and oxygen atoms in total. The summed E-state index contributed by atoms with van der Waals surface area (Å²) in [6.45, 7) is 3.85. The molecule has 1 aromatic rings. The average Bonchev–Trinajstić information content (AvgIpc) is 2.53. The number of thiophene rings is 1. The Balaban J connectivity index is 2.00. The molecular weight excluding hydrogens is 214 g/mol. The van der Waals surface area contributed by atoms with Gasteiger partial charge < -0.3 is 10.5 Å². The Morgan fingerprint density at radius 3 is 2.86 bits per heavy atom. The van der Waals surface area contributed by atoms with Crippen LogP contribution in [0.25, 0.3) is 0 Å². The van der Waals surface area contributed by atoms with E-state index in [-0.39, 0.29) is 6.04 Å². The quantitative estimate of drug-likeness (QED) is 0.860. The second-order valence-electron chi connectivity index (χ2n) is 3.63. The summed E-state index contributed by atoms with van der Waals surface area (Å²) >= 11 is 3.69. The molecule has 0 bridgehead atoms. The summed E-state index contributed by atoms with van der Waals surface area (Å²) < 4.78 is 5.17. The first-order chi connectivity index (χ1) is 6.77. The Morgan fingerprint density at radius 2 is 2.43 bits per heavy atom. The lowest BCUT2D eigenvalue weighted by molar-refractivity contribution is 0.0452. The SMILES string of the molecule is CC(N)C(SC1COC1)c1ccsc1. The number of hydrogen-bond acceptors (Lipinski definition) is 4. The van der Waals surface area contributed by atoms with Crippen LogP contribution in [0.2, 0.25) is 0 Å². The Labute approximate surface area is 92.8 Å². The summed E-state index contributed by atoms with van der Waals surface area (Å²) in [5.74, 6) is 0. The summed E-state index contributed by atoms with van der Waals surface area (Å²) in [5.41, 5.74) is 7.36. The fourth-order valence-corrected chi connectivity index (χ4v) is 3.54. The summed E-state index contributed by atoms with van der Waals surface area (Å²) in [6, 6.07) is 2.38. The lowest BCUT2D eigenvalue weighted by Crippen LogP contribution is -2.34. The van der Waals surface area contributed by atoms with Crippen LogP contribution in [0.3, 0.4) is 0 Å². The average molecular weight is 229 g/mol. The van der Waals surface area contributed by atoms with Gasteiger partial charge in [-0.05, 0) is 29.3 Å². The predicted octanol–water partition coefficient (Wildman–Crippen LogP) is 2.27. The first-order valence-electron chi connectivity index (χ1n) is 4.78. The minimum Gasteiger partial charge on any atom is -0.379 e. The van der Waals surface area contributed by atoms with E-state index in [0.717, 1.165) is 13.2 Å². The minimum atomic E-state index is 0.204. The highest BCUT2D eigenvalue weighted by atomic mass is 32.2. The van der Waals surface area contributed by atoms with Crippen molar-refractivity contribution in [1.82, 2.24) is 0 Å². The van der Waals surface area contributed by atoms with Crippen molar-refractivity contribution in [3.63, 3.8) is 0 Å². The van der Waals surface area contributed by atoms with Gasteiger partial charge in [0.15, 0.2) is 0 Å². The van der Waals surface area contributed by atoms with Crippen LogP contribution in [0.1, 0.15) is 17.7 Å². The Hall–Kier alpha value is -0.0300. The molecule has 0 amide bonds. The molecule has 0 spiro atoms. The second-order valence-corrected chi connectivity index (χ2v) is 5.86. The summed E-state index contributed by atoms with van der Waals surface area (Å²) in [5, 5.41) is 5.38. The molecule has 1 aliphatic rings. The van der Waals surface area contributed by atoms with Crippen molar-refractivity contribution in [2.45, 2.75) is 23.5 Å². The van der Waals surface area contributed by atoms with Crippen LogP contribution < -0.4 is 5.73 Å². The van der Waals surface area contributed by atoms with Crippen LogP contribution in [0.5, 0.6) is 0 Å². The van der Waals surface area contributed by atoms with Gasteiger partial charge in [-0.15, -0.1) is 11.8 Å². The zero-order valence-electron chi connectivity index (χ0n) is 8.18. The fraction of sp³-hybridized carbons (Fsp3) is 0.600. The standard InChI is InChI=1S/C10H15NOS2/c1-7(11)10(8-2-3-13-6-8)14-9-4-12-5-9/h2-3,6-7,9-10H,4-5,11H2,1H3. The maximum absolute atomic E-state index is 6.00. The molecule has 2 rings (SSSR count). The molecule has 0 saturated carbocycles. The van der Waals surface area contributed by atoms with Crippen LogP contribution >= 0.6 is 23.1 Å². The zero-order valence-corrected chi connectivity index (χ0v) is 9.81. The van der Waals surface area contributed by atoms with Crippen LogP contribution in [-0.4, -0.2) is 24.5 Å². The number of thioether (sulfide) groups is 1. The maximum Gasteiger partial charge on any atom is 0.0608 e. The van der Waals surface area contributed by atoms with E-state index in [4.69, 9.17) is 10.5 Å². The normalized spacial score (nSPS) is 21.6. The molecule has 1 aliphatic heterocycles. The Morgan fingerprint density at radius 1 is 1.64 bits per heavy atom. The minimum absolute atomic E-state index is 0.204. The molecule has 2 heterocycles. The van der Waals surface area contributed by atoms with Crippen molar-refractivity contribution in [3.05, 3.63) is 22.4 Å². The topological polar surface area (TPSA) is 35.2 Å². The highest BCUT2D eigenvalue weighted by Gasteiger charge is 2.26. The maximum atomic E-state index is 6.00. The molecule has 78 valence electrons. The molecule has 14 heavy (non-hydrogen) atoms. The van der Waals surface area contributed by atoms with E-state index in [9.17, 15) is 0 Å². The zero-order chi connectivity index (χ0) is 9.97. The van der Waals surface area contributed by atoms with Crippen LogP contribution in [0.15, 0.2) is 16.8 Å². The van der Waals surface area contributed by atoms with E-state index in [2.05, 4.69) is 23.8 Å². The van der Waals surface area contributed by atoms with Crippen LogP contribution in [0, 0.1) is 0 Å². The fourth-order valence-electron chi connectivity index (χ4n) is 1.44. The first kappa shape index (κ1) is 10.5. The largest absolute Gasteiger partial charge is 0.379 e. The van der Waals surface area contributed by atoms with E-state index >= 15 is 0 Å². The molecule has 0 aliphatic carbocycles. The molecule has 0 aromatic carbocycles. The summed E-state index contributed by atoms with van der Waals surface area (Å²) in [7, 11) is 0. The number of nitrogens with two attached hydrogens (primary N) is 1. The molecular formula is C10H15NOS2. The summed E-state index contributed by atoms with van der Waals surface area (Å²) in [6.07, 6.45) is 0. The number of ether oxygens (including phenoxy) is 1. The van der Waals surface area contributed by atoms with Crippen molar-refractivity contribution < 1.29 is 4.74 Å². The van der Waals surface area contributed by atoms with E-state index in [1.54, 1.807) is 11.3 Å². The van der Waals surface area contributed by atoms with Gasteiger partial charge in [-0.3, -0.25) is 0 Å². The number of hydrogen-bond donors (Lipinski definition) is 1. The summed E-state index contributed by atoms with van der Waals surface area (Å²) in [4.78, 5) is 0. The van der Waals surface area contributed by atoms with Crippen molar-refractivity contribution in [2.75, 3.05) is 13.2 Å². The molecule has 2 N–H and O–H groups in total. The van der Waals surface area contributed by atoms with Gasteiger partial charge in [0, 0.05) is 11.3 Å². The van der Waals surface area contributed by atoms with Crippen molar-refractivity contribution >= 4 is 23.1 Å². The van der Waals surface area contributed by atoms with Crippen molar-refractivity contribution in [2.24, 2.45) is 5.73 Å². The number of rotatable bonds is 4. The van der Waals surface area contributed by atoms with Crippen molar-refractivity contribution in [1.29, 1.82) is 0 Å². The van der Waals surface area contributed by atoms with Gasteiger partial charge in [-0.1, -0.05) is 0 Å². The van der Waals surface area contributed by atoms with Gasteiger partial charge in [-0.2, -0.15) is 11.3 Å². The van der Waals surface area contributed by atoms with Gasteiger partial charge in [0.1, 0.15) is 0 Å². The van der Waals surface area contributed by atoms with Crippen LogP contribution in [0.4, 0.5) is 0 Å². The molecule has 1 saturated heterocycles. The monoisotopic (exact) mass is 229 g/mol. The molecule has 1 aromatic heterocycles. The molecule has 2 atom stereocenters. The van der Waals surface area contributed by atoms with Gasteiger partial charge in [0.2, 0.25) is 0 Å². The Kier molecular flexibility index (Phi) is 3.49. The first-order valence-corrected chi connectivity index (χ1v) is 6.67. The highest BCUT2D eigenvalue weighted by molar-refractivity contribution is 8.00. The molecule has 0 radical (unpaired) electrons. The van der Waals surface area contributed by atoms with E-state index < -0.39 is 0 Å². The molecule has 2 unspecified atom stereocenters. The third-order valence-corrected chi connectivity index (χ3v) is 4.65. The third-order valence-electron chi connectivity index (χ3n) is 2.30. The van der Waals surface area contributed by atoms with Gasteiger partial charge in [0.25, 0.3) is 0 Å². The smallest absolute Gasteiger partial charge is 0.0608 e. The van der Waals surface area contributed by atoms with Gasteiger partial charge in [0.05, 0.1) is 18.5 Å². The molecule has 4 heteroatoms.